The Labute approximate surface area is 216 Å². The number of carbonyl (C=O) groups excluding carboxylic acids is 2. The van der Waals surface area contributed by atoms with Crippen molar-refractivity contribution in [2.45, 2.75) is 57.5 Å². The lowest BCUT2D eigenvalue weighted by atomic mass is 10.0. The van der Waals surface area contributed by atoms with E-state index >= 15 is 0 Å². The molecular weight excluding hydrogens is 464 g/mol. The SMILES string of the molecule is C=CC(=O)N1C[C@H](c2nc(N)c3c(C(=O)N[C@H](C)c4ccccc4)c(C#CC4CC4)[nH]c3n2)C[C@@H]1CC. The number of fused-ring (bicyclic) bond motifs is 1. The van der Waals surface area contributed by atoms with E-state index in [1.165, 1.54) is 6.08 Å². The number of aromatic amines is 1. The second-order valence-electron chi connectivity index (χ2n) is 9.90. The molecule has 37 heavy (non-hydrogen) atoms. The summed E-state index contributed by atoms with van der Waals surface area (Å²) in [6, 6.07) is 9.67. The molecule has 1 aliphatic carbocycles. The van der Waals surface area contributed by atoms with Crippen molar-refractivity contribution in [3.8, 4) is 11.8 Å². The van der Waals surface area contributed by atoms with Crippen LogP contribution in [0.3, 0.4) is 0 Å². The number of amides is 2. The minimum Gasteiger partial charge on any atom is -0.383 e. The first-order valence-corrected chi connectivity index (χ1v) is 12.9. The van der Waals surface area contributed by atoms with Gasteiger partial charge >= 0.3 is 0 Å². The zero-order chi connectivity index (χ0) is 26.1. The predicted octanol–water partition coefficient (Wildman–Crippen LogP) is 4.07. The average Bonchev–Trinajstić information content (AvgIpc) is 3.51. The lowest BCUT2D eigenvalue weighted by Crippen LogP contribution is -2.33. The highest BCUT2D eigenvalue weighted by atomic mass is 16.2. The van der Waals surface area contributed by atoms with E-state index < -0.39 is 0 Å². The molecule has 5 rings (SSSR count). The highest BCUT2D eigenvalue weighted by molar-refractivity contribution is 6.11. The smallest absolute Gasteiger partial charge is 0.255 e. The summed E-state index contributed by atoms with van der Waals surface area (Å²) in [7, 11) is 0. The number of nitrogens with two attached hydrogens (primary N) is 1. The van der Waals surface area contributed by atoms with Gasteiger partial charge in [-0.1, -0.05) is 49.8 Å². The molecule has 8 heteroatoms. The number of benzene rings is 1. The van der Waals surface area contributed by atoms with Crippen molar-refractivity contribution in [3.05, 3.63) is 65.6 Å². The molecule has 2 amide bonds. The number of carbonyl (C=O) groups is 2. The van der Waals surface area contributed by atoms with E-state index in [1.54, 1.807) is 0 Å². The molecule has 2 aromatic heterocycles. The van der Waals surface area contributed by atoms with Gasteiger partial charge < -0.3 is 20.9 Å². The van der Waals surface area contributed by atoms with Crippen LogP contribution in [-0.2, 0) is 4.79 Å². The van der Waals surface area contributed by atoms with Gasteiger partial charge in [-0.05, 0) is 50.2 Å². The Morgan fingerprint density at radius 2 is 2.05 bits per heavy atom. The second-order valence-corrected chi connectivity index (χ2v) is 9.90. The second kappa shape index (κ2) is 10.1. The first-order valence-electron chi connectivity index (χ1n) is 12.9. The third-order valence-corrected chi connectivity index (χ3v) is 7.26. The zero-order valence-corrected chi connectivity index (χ0v) is 21.3. The van der Waals surface area contributed by atoms with Crippen molar-refractivity contribution in [3.63, 3.8) is 0 Å². The predicted molar refractivity (Wildman–Crippen MR) is 144 cm³/mol. The van der Waals surface area contributed by atoms with E-state index in [0.717, 1.165) is 31.2 Å². The Bertz CT molecular complexity index is 1410. The summed E-state index contributed by atoms with van der Waals surface area (Å²) in [4.78, 5) is 40.4. The van der Waals surface area contributed by atoms with Gasteiger partial charge in [0.05, 0.1) is 17.0 Å². The van der Waals surface area contributed by atoms with Crippen LogP contribution in [0.1, 0.15) is 78.9 Å². The third-order valence-electron chi connectivity index (χ3n) is 7.26. The van der Waals surface area contributed by atoms with E-state index in [1.807, 2.05) is 42.2 Å². The lowest BCUT2D eigenvalue weighted by Gasteiger charge is -2.21. The Morgan fingerprint density at radius 3 is 2.73 bits per heavy atom. The van der Waals surface area contributed by atoms with Gasteiger partial charge in [-0.15, -0.1) is 0 Å². The van der Waals surface area contributed by atoms with Crippen LogP contribution < -0.4 is 11.1 Å². The van der Waals surface area contributed by atoms with E-state index in [2.05, 4.69) is 40.6 Å². The van der Waals surface area contributed by atoms with Crippen molar-refractivity contribution in [2.75, 3.05) is 12.3 Å². The summed E-state index contributed by atoms with van der Waals surface area (Å²) in [5.41, 5.74) is 8.84. The first kappa shape index (κ1) is 24.6. The van der Waals surface area contributed by atoms with Crippen molar-refractivity contribution in [1.82, 2.24) is 25.2 Å². The highest BCUT2D eigenvalue weighted by Crippen LogP contribution is 2.35. The fraction of sp³-hybridized carbons (Fsp3) is 0.379. The number of H-pyrrole nitrogens is 1. The first-order chi connectivity index (χ1) is 17.9. The molecule has 1 aliphatic heterocycles. The molecule has 3 heterocycles. The molecule has 0 unspecified atom stereocenters. The molecular formula is C29H32N6O2. The fourth-order valence-corrected chi connectivity index (χ4v) is 5.02. The minimum absolute atomic E-state index is 0.0553. The summed E-state index contributed by atoms with van der Waals surface area (Å²) < 4.78 is 0. The Morgan fingerprint density at radius 1 is 1.30 bits per heavy atom. The van der Waals surface area contributed by atoms with E-state index in [9.17, 15) is 9.59 Å². The molecule has 3 atom stereocenters. The molecule has 1 aromatic carbocycles. The number of likely N-dealkylation sites (tertiary alicyclic amines) is 1. The Balaban J connectivity index is 1.51. The van der Waals surface area contributed by atoms with Gasteiger partial charge in [-0.25, -0.2) is 9.97 Å². The molecule has 4 N–H and O–H groups in total. The van der Waals surface area contributed by atoms with Crippen LogP contribution in [0.2, 0.25) is 0 Å². The number of aromatic nitrogens is 3. The summed E-state index contributed by atoms with van der Waals surface area (Å²) in [6.07, 6.45) is 5.08. The number of hydrogen-bond donors (Lipinski definition) is 3. The molecule has 0 bridgehead atoms. The lowest BCUT2D eigenvalue weighted by molar-refractivity contribution is -0.126. The maximum Gasteiger partial charge on any atom is 0.255 e. The number of hydrogen-bond acceptors (Lipinski definition) is 5. The van der Waals surface area contributed by atoms with E-state index in [-0.39, 0.29) is 35.6 Å². The zero-order valence-electron chi connectivity index (χ0n) is 21.3. The van der Waals surface area contributed by atoms with Gasteiger partial charge in [-0.2, -0.15) is 0 Å². The number of nitrogens with one attached hydrogen (secondary N) is 2. The minimum atomic E-state index is -0.277. The Kier molecular flexibility index (Phi) is 6.70. The van der Waals surface area contributed by atoms with Crippen LogP contribution in [0.15, 0.2) is 43.0 Å². The maximum absolute atomic E-state index is 13.5. The van der Waals surface area contributed by atoms with Crippen molar-refractivity contribution >= 4 is 28.7 Å². The molecule has 2 aliphatic rings. The van der Waals surface area contributed by atoms with Crippen molar-refractivity contribution < 1.29 is 9.59 Å². The van der Waals surface area contributed by atoms with E-state index in [4.69, 9.17) is 10.7 Å². The van der Waals surface area contributed by atoms with Crippen LogP contribution >= 0.6 is 0 Å². The van der Waals surface area contributed by atoms with Gasteiger partial charge in [0, 0.05) is 24.4 Å². The number of anilines is 1. The Hall–Kier alpha value is -4.12. The van der Waals surface area contributed by atoms with Gasteiger partial charge in [0.25, 0.3) is 5.91 Å². The quantitative estimate of drug-likeness (QED) is 0.351. The normalized spacial score (nSPS) is 19.8. The van der Waals surface area contributed by atoms with Crippen LogP contribution in [0.25, 0.3) is 11.0 Å². The summed E-state index contributed by atoms with van der Waals surface area (Å²) in [5.74, 6) is 7.14. The van der Waals surface area contributed by atoms with Crippen LogP contribution in [0, 0.1) is 17.8 Å². The molecule has 3 aromatic rings. The number of rotatable bonds is 6. The molecule has 2 fully saturated rings. The largest absolute Gasteiger partial charge is 0.383 e. The van der Waals surface area contributed by atoms with Crippen LogP contribution in [0.4, 0.5) is 5.82 Å². The molecule has 1 saturated carbocycles. The van der Waals surface area contributed by atoms with Gasteiger partial charge in [-0.3, -0.25) is 9.59 Å². The average molecular weight is 497 g/mol. The van der Waals surface area contributed by atoms with Crippen LogP contribution in [0.5, 0.6) is 0 Å². The number of nitrogen functional groups attached to an aromatic ring is 1. The summed E-state index contributed by atoms with van der Waals surface area (Å²) in [6.45, 7) is 8.14. The topological polar surface area (TPSA) is 117 Å². The standard InChI is InChI=1S/C29H32N6O2/c1-4-21-15-20(16-35(21)23(36)5-2)27-33-26(30)25-24(22(32-28(25)34-27)14-13-18-11-12-18)29(37)31-17(3)19-9-7-6-8-10-19/h5-10,17-18,20-21H,2,4,11-12,15-16H2,1,3H3,(H,31,37)(H3,30,32,33,34)/t17-,20-,21+/m1/s1. The van der Waals surface area contributed by atoms with Gasteiger partial charge in [0.1, 0.15) is 23.0 Å². The van der Waals surface area contributed by atoms with E-state index in [0.29, 0.717) is 40.6 Å². The monoisotopic (exact) mass is 496 g/mol. The van der Waals surface area contributed by atoms with Gasteiger partial charge in [0.15, 0.2) is 0 Å². The van der Waals surface area contributed by atoms with Crippen molar-refractivity contribution in [1.29, 1.82) is 0 Å². The third kappa shape index (κ3) is 4.94. The molecule has 1 saturated heterocycles. The maximum atomic E-state index is 13.5. The van der Waals surface area contributed by atoms with Crippen LogP contribution in [-0.4, -0.2) is 44.3 Å². The molecule has 0 radical (unpaired) electrons. The molecule has 190 valence electrons. The molecule has 0 spiro atoms. The summed E-state index contributed by atoms with van der Waals surface area (Å²) >= 11 is 0. The summed E-state index contributed by atoms with van der Waals surface area (Å²) in [5, 5.41) is 3.56. The number of nitrogens with zero attached hydrogens (tertiary/aromatic N) is 3. The van der Waals surface area contributed by atoms with Gasteiger partial charge in [0.2, 0.25) is 5.91 Å². The van der Waals surface area contributed by atoms with Crippen molar-refractivity contribution in [2.24, 2.45) is 5.92 Å². The highest BCUT2D eigenvalue weighted by Gasteiger charge is 2.36. The fourth-order valence-electron chi connectivity index (χ4n) is 5.02. The molecule has 8 nitrogen and oxygen atoms in total.